The second-order valence-corrected chi connectivity index (χ2v) is 4.27. The van der Waals surface area contributed by atoms with Gasteiger partial charge in [0.25, 0.3) is 0 Å². The number of guanidine groups is 1. The van der Waals surface area contributed by atoms with Crippen LogP contribution in [-0.2, 0) is 0 Å². The molecule has 0 saturated heterocycles. The Morgan fingerprint density at radius 1 is 1.64 bits per heavy atom. The Bertz CT molecular complexity index is 208. The molecule has 0 aliphatic carbocycles. The Morgan fingerprint density at radius 3 is 2.79 bits per heavy atom. The predicted octanol–water partition coefficient (Wildman–Crippen LogP) is 0.475. The van der Waals surface area contributed by atoms with Gasteiger partial charge in [-0.25, -0.2) is 0 Å². The highest BCUT2D eigenvalue weighted by Crippen LogP contribution is 2.11. The van der Waals surface area contributed by atoms with Crippen molar-refractivity contribution in [1.82, 2.24) is 10.6 Å². The lowest BCUT2D eigenvalue weighted by Gasteiger charge is -2.31. The number of nitrogens with one attached hydrogen (secondary N) is 2. The lowest BCUT2D eigenvalue weighted by atomic mass is 9.97. The van der Waals surface area contributed by atoms with Gasteiger partial charge in [0.2, 0.25) is 0 Å². The van der Waals surface area contributed by atoms with E-state index < -0.39 is 5.60 Å². The Hall–Kier alpha value is -0.770. The average molecular weight is 199 g/mol. The number of hydrogen-bond donors (Lipinski definition) is 3. The van der Waals surface area contributed by atoms with Gasteiger partial charge in [-0.2, -0.15) is 0 Å². The van der Waals surface area contributed by atoms with E-state index in [1.165, 1.54) is 0 Å². The molecule has 4 nitrogen and oxygen atoms in total. The smallest absolute Gasteiger partial charge is 0.191 e. The van der Waals surface area contributed by atoms with Crippen LogP contribution in [0.15, 0.2) is 4.99 Å². The average Bonchev–Trinajstić information content (AvgIpc) is 2.14. The summed E-state index contributed by atoms with van der Waals surface area (Å²) in [6, 6.07) is 0.0480. The minimum Gasteiger partial charge on any atom is -0.388 e. The van der Waals surface area contributed by atoms with E-state index >= 15 is 0 Å². The fourth-order valence-electron chi connectivity index (χ4n) is 1.57. The number of aliphatic imine (C=N–C) groups is 1. The molecule has 1 unspecified atom stereocenters. The van der Waals surface area contributed by atoms with Gasteiger partial charge in [-0.15, -0.1) is 0 Å². The van der Waals surface area contributed by atoms with Crippen molar-refractivity contribution in [3.05, 3.63) is 0 Å². The number of hydrogen-bond acceptors (Lipinski definition) is 4. The zero-order chi connectivity index (χ0) is 10.6. The first-order valence-corrected chi connectivity index (χ1v) is 5.31. The largest absolute Gasteiger partial charge is 0.388 e. The maximum absolute atomic E-state index is 9.86. The summed E-state index contributed by atoms with van der Waals surface area (Å²) in [5.74, 6) is 0.824. The maximum Gasteiger partial charge on any atom is 0.191 e. The van der Waals surface area contributed by atoms with Gasteiger partial charge in [0.05, 0.1) is 11.6 Å². The molecule has 14 heavy (non-hydrogen) atoms. The van der Waals surface area contributed by atoms with E-state index in [0.717, 1.165) is 31.9 Å². The first kappa shape index (κ1) is 11.3. The highest BCUT2D eigenvalue weighted by molar-refractivity contribution is 5.80. The summed E-state index contributed by atoms with van der Waals surface area (Å²) in [5.41, 5.74) is -0.712. The molecule has 0 saturated carbocycles. The molecule has 1 rings (SSSR count). The minimum absolute atomic E-state index is 0.0480. The van der Waals surface area contributed by atoms with Crippen LogP contribution in [0.25, 0.3) is 0 Å². The van der Waals surface area contributed by atoms with E-state index in [9.17, 15) is 5.11 Å². The lowest BCUT2D eigenvalue weighted by Crippen LogP contribution is -2.53. The van der Waals surface area contributed by atoms with Crippen LogP contribution in [0.2, 0.25) is 0 Å². The molecule has 0 amide bonds. The van der Waals surface area contributed by atoms with Crippen molar-refractivity contribution in [2.45, 2.75) is 45.3 Å². The second kappa shape index (κ2) is 4.64. The topological polar surface area (TPSA) is 56.7 Å². The highest BCUT2D eigenvalue weighted by atomic mass is 16.3. The summed E-state index contributed by atoms with van der Waals surface area (Å²) in [7, 11) is 0. The van der Waals surface area contributed by atoms with Crippen LogP contribution < -0.4 is 10.6 Å². The number of aliphatic hydroxyl groups is 1. The van der Waals surface area contributed by atoms with Gasteiger partial charge in [-0.1, -0.05) is 6.92 Å². The molecule has 0 aromatic rings. The molecule has 0 fully saturated rings. The third kappa shape index (κ3) is 3.18. The van der Waals surface area contributed by atoms with Crippen LogP contribution in [0, 0.1) is 0 Å². The Labute approximate surface area is 85.8 Å². The van der Waals surface area contributed by atoms with Crippen LogP contribution in [0.1, 0.15) is 33.6 Å². The molecule has 1 heterocycles. The molecule has 0 radical (unpaired) electrons. The quantitative estimate of drug-likeness (QED) is 0.619. The first-order valence-electron chi connectivity index (χ1n) is 5.31. The maximum atomic E-state index is 9.86. The summed E-state index contributed by atoms with van der Waals surface area (Å²) in [6.45, 7) is 7.53. The van der Waals surface area contributed by atoms with E-state index in [1.807, 2.05) is 13.8 Å². The molecule has 4 heteroatoms. The van der Waals surface area contributed by atoms with Crippen molar-refractivity contribution < 1.29 is 5.11 Å². The van der Waals surface area contributed by atoms with E-state index in [-0.39, 0.29) is 6.04 Å². The Balaban J connectivity index is 2.51. The fourth-order valence-corrected chi connectivity index (χ4v) is 1.57. The lowest BCUT2D eigenvalue weighted by molar-refractivity contribution is 0.0429. The molecule has 0 aromatic carbocycles. The van der Waals surface area contributed by atoms with Gasteiger partial charge in [0.1, 0.15) is 0 Å². The second-order valence-electron chi connectivity index (χ2n) is 4.27. The Morgan fingerprint density at radius 2 is 2.36 bits per heavy atom. The van der Waals surface area contributed by atoms with Crippen LogP contribution in [0.3, 0.4) is 0 Å². The standard InChI is InChI=1S/C10H21N3O/c1-4-8(10(2,3)14)13-9-11-6-5-7-12-9/h8,14H,4-7H2,1-3H3,(H2,11,12,13). The van der Waals surface area contributed by atoms with Crippen LogP contribution in [-0.4, -0.2) is 35.8 Å². The van der Waals surface area contributed by atoms with Gasteiger partial charge in [-0.05, 0) is 26.7 Å². The van der Waals surface area contributed by atoms with Gasteiger partial charge in [0, 0.05) is 13.1 Å². The molecular formula is C10H21N3O. The molecule has 1 aliphatic rings. The first-order chi connectivity index (χ1) is 6.54. The van der Waals surface area contributed by atoms with E-state index in [4.69, 9.17) is 0 Å². The summed E-state index contributed by atoms with van der Waals surface area (Å²) in [4.78, 5) is 4.31. The summed E-state index contributed by atoms with van der Waals surface area (Å²) < 4.78 is 0. The van der Waals surface area contributed by atoms with Crippen molar-refractivity contribution in [3.63, 3.8) is 0 Å². The van der Waals surface area contributed by atoms with Gasteiger partial charge >= 0.3 is 0 Å². The predicted molar refractivity (Wildman–Crippen MR) is 58.4 cm³/mol. The zero-order valence-corrected chi connectivity index (χ0v) is 9.30. The molecule has 0 spiro atoms. The summed E-state index contributed by atoms with van der Waals surface area (Å²) in [6.07, 6.45) is 1.97. The van der Waals surface area contributed by atoms with Crippen molar-refractivity contribution in [3.8, 4) is 0 Å². The Kier molecular flexibility index (Phi) is 3.75. The van der Waals surface area contributed by atoms with Gasteiger partial charge in [0.15, 0.2) is 5.96 Å². The van der Waals surface area contributed by atoms with E-state index in [2.05, 4.69) is 22.5 Å². The van der Waals surface area contributed by atoms with Crippen molar-refractivity contribution >= 4 is 5.96 Å². The monoisotopic (exact) mass is 199 g/mol. The van der Waals surface area contributed by atoms with Crippen molar-refractivity contribution in [2.24, 2.45) is 4.99 Å². The molecule has 1 aliphatic heterocycles. The zero-order valence-electron chi connectivity index (χ0n) is 9.30. The number of rotatable bonds is 3. The third-order valence-corrected chi connectivity index (χ3v) is 2.47. The molecule has 1 atom stereocenters. The van der Waals surface area contributed by atoms with Crippen molar-refractivity contribution in [1.29, 1.82) is 0 Å². The fraction of sp³-hybridized carbons (Fsp3) is 0.900. The molecule has 0 aromatic heterocycles. The van der Waals surface area contributed by atoms with E-state index in [1.54, 1.807) is 0 Å². The molecule has 82 valence electrons. The SMILES string of the molecule is CCC(NC1=NCCCN1)C(C)(C)O. The highest BCUT2D eigenvalue weighted by Gasteiger charge is 2.26. The minimum atomic E-state index is -0.712. The van der Waals surface area contributed by atoms with E-state index in [0.29, 0.717) is 0 Å². The normalized spacial score (nSPS) is 19.6. The number of nitrogens with zero attached hydrogens (tertiary/aromatic N) is 1. The molecule has 3 N–H and O–H groups in total. The van der Waals surface area contributed by atoms with Crippen molar-refractivity contribution in [2.75, 3.05) is 13.1 Å². The van der Waals surface area contributed by atoms with Crippen LogP contribution in [0.4, 0.5) is 0 Å². The summed E-state index contributed by atoms with van der Waals surface area (Å²) in [5, 5.41) is 16.3. The molecule has 0 bridgehead atoms. The summed E-state index contributed by atoms with van der Waals surface area (Å²) >= 11 is 0. The van der Waals surface area contributed by atoms with Crippen LogP contribution >= 0.6 is 0 Å². The molecular weight excluding hydrogens is 178 g/mol. The van der Waals surface area contributed by atoms with Gasteiger partial charge < -0.3 is 15.7 Å². The van der Waals surface area contributed by atoms with Crippen LogP contribution in [0.5, 0.6) is 0 Å². The third-order valence-electron chi connectivity index (χ3n) is 2.47. The van der Waals surface area contributed by atoms with Gasteiger partial charge in [-0.3, -0.25) is 4.99 Å².